The zero-order valence-electron chi connectivity index (χ0n) is 9.00. The number of nitrogens with one attached hydrogen (secondary N) is 1. The number of anilines is 1. The Balaban J connectivity index is 2.10. The minimum atomic E-state index is -3.61. The molecule has 2 rings (SSSR count). The molecule has 0 aliphatic rings. The van der Waals surface area contributed by atoms with Crippen LogP contribution in [0.1, 0.15) is 4.88 Å². The number of nitrogens with two attached hydrogens (primary N) is 1. The van der Waals surface area contributed by atoms with E-state index in [0.717, 1.165) is 8.66 Å². The average Bonchev–Trinajstić information content (AvgIpc) is 2.73. The van der Waals surface area contributed by atoms with Gasteiger partial charge in [0.1, 0.15) is 4.90 Å². The Kier molecular flexibility index (Phi) is 3.95. The summed E-state index contributed by atoms with van der Waals surface area (Å²) in [5.74, 6) is 0.0381. The van der Waals surface area contributed by atoms with Crippen LogP contribution in [-0.4, -0.2) is 18.4 Å². The van der Waals surface area contributed by atoms with Crippen molar-refractivity contribution >= 4 is 43.2 Å². The smallest absolute Gasteiger partial charge is 0.243 e. The Labute approximate surface area is 116 Å². The van der Waals surface area contributed by atoms with Gasteiger partial charge in [-0.15, -0.1) is 11.3 Å². The molecule has 2 aromatic rings. The molecule has 0 bridgehead atoms. The fourth-order valence-corrected chi connectivity index (χ4v) is 3.57. The highest BCUT2D eigenvalue weighted by atomic mass is 79.9. The number of halogens is 1. The monoisotopic (exact) mass is 348 g/mol. The number of hydrogen-bond acceptors (Lipinski definition) is 6. The Hall–Kier alpha value is -1.03. The summed E-state index contributed by atoms with van der Waals surface area (Å²) in [5, 5.41) is 0. The molecule has 0 radical (unpaired) electrons. The maximum absolute atomic E-state index is 11.9. The van der Waals surface area contributed by atoms with Gasteiger partial charge in [-0.05, 0) is 28.1 Å². The van der Waals surface area contributed by atoms with Crippen LogP contribution >= 0.6 is 27.3 Å². The maximum atomic E-state index is 11.9. The Morgan fingerprint density at radius 3 is 2.56 bits per heavy atom. The van der Waals surface area contributed by atoms with Gasteiger partial charge in [0.05, 0.1) is 16.2 Å². The second kappa shape index (κ2) is 5.31. The number of hydrogen-bond donors (Lipinski definition) is 2. The number of nitrogens with zero attached hydrogens (tertiary/aromatic N) is 2. The van der Waals surface area contributed by atoms with Crippen LogP contribution in [0.5, 0.6) is 0 Å². The summed E-state index contributed by atoms with van der Waals surface area (Å²) in [7, 11) is -3.61. The minimum Gasteiger partial charge on any atom is -0.368 e. The van der Waals surface area contributed by atoms with Crippen LogP contribution in [0.4, 0.5) is 5.95 Å². The van der Waals surface area contributed by atoms with Gasteiger partial charge in [0.15, 0.2) is 0 Å². The molecule has 0 saturated heterocycles. The molecule has 96 valence electrons. The quantitative estimate of drug-likeness (QED) is 0.869. The summed E-state index contributed by atoms with van der Waals surface area (Å²) >= 11 is 4.78. The molecule has 0 aromatic carbocycles. The molecule has 18 heavy (non-hydrogen) atoms. The largest absolute Gasteiger partial charge is 0.368 e. The Morgan fingerprint density at radius 2 is 2.00 bits per heavy atom. The van der Waals surface area contributed by atoms with Crippen molar-refractivity contribution in [3.05, 3.63) is 33.2 Å². The molecule has 9 heteroatoms. The van der Waals surface area contributed by atoms with Crippen molar-refractivity contribution < 1.29 is 8.42 Å². The van der Waals surface area contributed by atoms with Crippen molar-refractivity contribution in [1.29, 1.82) is 0 Å². The van der Waals surface area contributed by atoms with Crippen molar-refractivity contribution in [3.8, 4) is 0 Å². The normalized spacial score (nSPS) is 11.6. The van der Waals surface area contributed by atoms with Gasteiger partial charge in [0.2, 0.25) is 16.0 Å². The predicted molar refractivity (Wildman–Crippen MR) is 72.5 cm³/mol. The van der Waals surface area contributed by atoms with Gasteiger partial charge >= 0.3 is 0 Å². The van der Waals surface area contributed by atoms with Crippen molar-refractivity contribution in [2.24, 2.45) is 0 Å². The summed E-state index contributed by atoms with van der Waals surface area (Å²) < 4.78 is 27.2. The van der Waals surface area contributed by atoms with E-state index in [1.54, 1.807) is 0 Å². The van der Waals surface area contributed by atoms with Gasteiger partial charge in [-0.1, -0.05) is 0 Å². The summed E-state index contributed by atoms with van der Waals surface area (Å²) in [6, 6.07) is 3.71. The lowest BCUT2D eigenvalue weighted by Gasteiger charge is -2.04. The average molecular weight is 349 g/mol. The lowest BCUT2D eigenvalue weighted by Crippen LogP contribution is -2.23. The summed E-state index contributed by atoms with van der Waals surface area (Å²) in [6.45, 7) is 0.225. The van der Waals surface area contributed by atoms with E-state index < -0.39 is 10.0 Å². The SMILES string of the molecule is Nc1ncc(S(=O)(=O)NCc2ccc(Br)s2)cn1. The first-order chi connectivity index (χ1) is 8.47. The van der Waals surface area contributed by atoms with Gasteiger partial charge < -0.3 is 5.73 Å². The summed E-state index contributed by atoms with van der Waals surface area (Å²) in [5.41, 5.74) is 5.30. The van der Waals surface area contributed by atoms with Crippen molar-refractivity contribution in [1.82, 2.24) is 14.7 Å². The lowest BCUT2D eigenvalue weighted by molar-refractivity contribution is 0.581. The molecule has 0 aliphatic heterocycles. The minimum absolute atomic E-state index is 0.00711. The van der Waals surface area contributed by atoms with Crippen molar-refractivity contribution in [3.63, 3.8) is 0 Å². The molecule has 0 unspecified atom stereocenters. The fourth-order valence-electron chi connectivity index (χ4n) is 1.16. The zero-order valence-corrected chi connectivity index (χ0v) is 12.2. The van der Waals surface area contributed by atoms with Crippen LogP contribution in [0.15, 0.2) is 33.2 Å². The number of thiophene rings is 1. The number of aromatic nitrogens is 2. The van der Waals surface area contributed by atoms with E-state index in [0.29, 0.717) is 0 Å². The molecule has 2 heterocycles. The Morgan fingerprint density at radius 1 is 1.33 bits per heavy atom. The van der Waals surface area contributed by atoms with Crippen LogP contribution in [0, 0.1) is 0 Å². The first-order valence-electron chi connectivity index (χ1n) is 4.79. The topological polar surface area (TPSA) is 98.0 Å². The zero-order chi connectivity index (χ0) is 13.2. The fraction of sp³-hybridized carbons (Fsp3) is 0.111. The van der Waals surface area contributed by atoms with Gasteiger partial charge in [-0.3, -0.25) is 0 Å². The van der Waals surface area contributed by atoms with Crippen molar-refractivity contribution in [2.45, 2.75) is 11.4 Å². The van der Waals surface area contributed by atoms with Gasteiger partial charge in [-0.2, -0.15) is 0 Å². The predicted octanol–water partition coefficient (Wildman–Crippen LogP) is 1.36. The highest BCUT2D eigenvalue weighted by Crippen LogP contribution is 2.22. The molecular weight excluding hydrogens is 340 g/mol. The van der Waals surface area contributed by atoms with Crippen LogP contribution in [0.2, 0.25) is 0 Å². The lowest BCUT2D eigenvalue weighted by atomic mass is 10.5. The highest BCUT2D eigenvalue weighted by Gasteiger charge is 2.15. The third-order valence-corrected chi connectivity index (χ3v) is 5.00. The molecule has 6 nitrogen and oxygen atoms in total. The molecule has 0 atom stereocenters. The second-order valence-corrected chi connectivity index (χ2v) is 7.62. The second-order valence-electron chi connectivity index (χ2n) is 3.31. The van der Waals surface area contributed by atoms with Gasteiger partial charge in [0.25, 0.3) is 0 Å². The standard InChI is InChI=1S/C9H9BrN4O2S2/c10-8-2-1-6(17-8)3-14-18(15,16)7-4-12-9(11)13-5-7/h1-2,4-5,14H,3H2,(H2,11,12,13). The van der Waals surface area contributed by atoms with Crippen LogP contribution in [0.3, 0.4) is 0 Å². The van der Waals surface area contributed by atoms with E-state index in [1.165, 1.54) is 23.7 Å². The van der Waals surface area contributed by atoms with Crippen LogP contribution in [0.25, 0.3) is 0 Å². The molecule has 0 aliphatic carbocycles. The number of rotatable bonds is 4. The van der Waals surface area contributed by atoms with Crippen LogP contribution < -0.4 is 10.5 Å². The molecule has 3 N–H and O–H groups in total. The molecule has 2 aromatic heterocycles. The first-order valence-corrected chi connectivity index (χ1v) is 7.88. The van der Waals surface area contributed by atoms with E-state index in [-0.39, 0.29) is 17.4 Å². The molecule has 0 amide bonds. The Bertz CT molecular complexity index is 639. The molecular formula is C9H9BrN4O2S2. The highest BCUT2D eigenvalue weighted by molar-refractivity contribution is 9.11. The van der Waals surface area contributed by atoms with Crippen molar-refractivity contribution in [2.75, 3.05) is 5.73 Å². The summed E-state index contributed by atoms with van der Waals surface area (Å²) in [6.07, 6.45) is 2.35. The first kappa shape index (κ1) is 13.4. The van der Waals surface area contributed by atoms with E-state index in [2.05, 4.69) is 30.6 Å². The van der Waals surface area contributed by atoms with E-state index in [1.807, 2.05) is 12.1 Å². The maximum Gasteiger partial charge on any atom is 0.243 e. The third kappa shape index (κ3) is 3.25. The van der Waals surface area contributed by atoms with Gasteiger partial charge in [-0.25, -0.2) is 23.1 Å². The number of sulfonamides is 1. The van der Waals surface area contributed by atoms with Crippen LogP contribution in [-0.2, 0) is 16.6 Å². The third-order valence-electron chi connectivity index (χ3n) is 2.02. The van der Waals surface area contributed by atoms with Gasteiger partial charge in [0, 0.05) is 11.4 Å². The van der Waals surface area contributed by atoms with E-state index in [4.69, 9.17) is 5.73 Å². The molecule has 0 fully saturated rings. The molecule has 0 spiro atoms. The molecule has 0 saturated carbocycles. The van der Waals surface area contributed by atoms with E-state index >= 15 is 0 Å². The number of nitrogen functional groups attached to an aromatic ring is 1. The summed E-state index contributed by atoms with van der Waals surface area (Å²) in [4.78, 5) is 8.19. The van der Waals surface area contributed by atoms with E-state index in [9.17, 15) is 8.42 Å².